The first-order valence-corrected chi connectivity index (χ1v) is 9.52. The number of hydrogen-bond acceptors (Lipinski definition) is 5. The second-order valence-corrected chi connectivity index (χ2v) is 6.56. The lowest BCUT2D eigenvalue weighted by Crippen LogP contribution is -2.36. The maximum absolute atomic E-state index is 5.61. The number of nitrogens with zero attached hydrogens (tertiary/aromatic N) is 3. The number of nitrogens with one attached hydrogen (secondary N) is 2. The standard InChI is InChI=1S/C20H29N5O2.HI/c1-4-21-20(23-14-19-24-15(2)16(3)27-19)22-13-17-5-7-18(8-6-17)25-9-11-26-12-10-25;/h5-8H,4,9-14H2,1-3H3,(H2,21,22,23);1H. The van der Waals surface area contributed by atoms with Gasteiger partial charge >= 0.3 is 0 Å². The fraction of sp³-hybridized carbons (Fsp3) is 0.500. The number of aryl methyl sites for hydroxylation is 2. The molecule has 1 fully saturated rings. The number of hydrogen-bond donors (Lipinski definition) is 2. The highest BCUT2D eigenvalue weighted by Crippen LogP contribution is 2.17. The lowest BCUT2D eigenvalue weighted by molar-refractivity contribution is 0.122. The van der Waals surface area contributed by atoms with Crippen molar-refractivity contribution >= 4 is 35.6 Å². The number of aromatic nitrogens is 1. The fourth-order valence-electron chi connectivity index (χ4n) is 2.92. The van der Waals surface area contributed by atoms with Crippen LogP contribution in [0.15, 0.2) is 33.7 Å². The summed E-state index contributed by atoms with van der Waals surface area (Å²) in [5, 5.41) is 6.53. The second kappa shape index (κ2) is 11.3. The van der Waals surface area contributed by atoms with Gasteiger partial charge in [-0.05, 0) is 38.5 Å². The Labute approximate surface area is 184 Å². The number of ether oxygens (including phenoxy) is 1. The van der Waals surface area contributed by atoms with Crippen molar-refractivity contribution in [2.24, 2.45) is 4.99 Å². The average Bonchev–Trinajstić information content (AvgIpc) is 3.03. The second-order valence-electron chi connectivity index (χ2n) is 6.56. The van der Waals surface area contributed by atoms with Gasteiger partial charge in [-0.25, -0.2) is 9.98 Å². The van der Waals surface area contributed by atoms with E-state index in [1.54, 1.807) is 0 Å². The van der Waals surface area contributed by atoms with Crippen LogP contribution in [0.2, 0.25) is 0 Å². The van der Waals surface area contributed by atoms with Crippen LogP contribution in [0.4, 0.5) is 5.69 Å². The summed E-state index contributed by atoms with van der Waals surface area (Å²) < 4.78 is 11.0. The van der Waals surface area contributed by atoms with Crippen LogP contribution >= 0.6 is 24.0 Å². The van der Waals surface area contributed by atoms with Gasteiger partial charge in [-0.15, -0.1) is 24.0 Å². The first-order valence-electron chi connectivity index (χ1n) is 9.52. The fourth-order valence-corrected chi connectivity index (χ4v) is 2.92. The number of aliphatic imine (C=N–C) groups is 1. The van der Waals surface area contributed by atoms with Gasteiger partial charge in [0.15, 0.2) is 5.96 Å². The largest absolute Gasteiger partial charge is 0.444 e. The smallest absolute Gasteiger partial charge is 0.214 e. The van der Waals surface area contributed by atoms with E-state index < -0.39 is 0 Å². The van der Waals surface area contributed by atoms with E-state index in [0.717, 1.165) is 50.3 Å². The van der Waals surface area contributed by atoms with Gasteiger partial charge in [0.05, 0.1) is 32.0 Å². The zero-order valence-corrected chi connectivity index (χ0v) is 19.2. The molecule has 2 heterocycles. The number of rotatable bonds is 6. The highest BCUT2D eigenvalue weighted by molar-refractivity contribution is 14.0. The summed E-state index contributed by atoms with van der Waals surface area (Å²) in [5.41, 5.74) is 3.34. The molecule has 28 heavy (non-hydrogen) atoms. The van der Waals surface area contributed by atoms with Crippen molar-refractivity contribution in [2.75, 3.05) is 37.7 Å². The minimum atomic E-state index is 0. The van der Waals surface area contributed by atoms with Crippen molar-refractivity contribution < 1.29 is 9.15 Å². The summed E-state index contributed by atoms with van der Waals surface area (Å²) in [6.45, 7) is 11.3. The van der Waals surface area contributed by atoms with Crippen molar-refractivity contribution in [3.8, 4) is 0 Å². The highest BCUT2D eigenvalue weighted by Gasteiger charge is 2.11. The van der Waals surface area contributed by atoms with E-state index in [-0.39, 0.29) is 24.0 Å². The van der Waals surface area contributed by atoms with Gasteiger partial charge in [0.2, 0.25) is 5.89 Å². The Morgan fingerprint density at radius 1 is 1.14 bits per heavy atom. The first-order chi connectivity index (χ1) is 13.2. The molecule has 0 bridgehead atoms. The van der Waals surface area contributed by atoms with Gasteiger partial charge in [-0.2, -0.15) is 0 Å². The summed E-state index contributed by atoms with van der Waals surface area (Å²) in [7, 11) is 0. The van der Waals surface area contributed by atoms with Crippen molar-refractivity contribution in [2.45, 2.75) is 33.9 Å². The van der Waals surface area contributed by atoms with E-state index in [2.05, 4.69) is 49.8 Å². The van der Waals surface area contributed by atoms with Crippen molar-refractivity contribution in [3.05, 3.63) is 47.2 Å². The van der Waals surface area contributed by atoms with Crippen LogP contribution in [-0.4, -0.2) is 43.8 Å². The van der Waals surface area contributed by atoms with Crippen LogP contribution in [0.5, 0.6) is 0 Å². The summed E-state index contributed by atoms with van der Waals surface area (Å²) >= 11 is 0. The van der Waals surface area contributed by atoms with Crippen LogP contribution in [-0.2, 0) is 17.8 Å². The molecule has 1 aromatic carbocycles. The molecule has 2 aromatic rings. The predicted molar refractivity (Wildman–Crippen MR) is 123 cm³/mol. The zero-order chi connectivity index (χ0) is 19.1. The number of oxazole rings is 1. The van der Waals surface area contributed by atoms with E-state index in [1.165, 1.54) is 11.3 Å². The quantitative estimate of drug-likeness (QED) is 0.362. The molecule has 0 saturated carbocycles. The SMILES string of the molecule is CCNC(=NCc1ccc(N2CCOCC2)cc1)NCc1nc(C)c(C)o1.I. The first kappa shape index (κ1) is 22.5. The van der Waals surface area contributed by atoms with Crippen LogP contribution in [0.1, 0.15) is 29.8 Å². The molecule has 8 heteroatoms. The maximum Gasteiger partial charge on any atom is 0.214 e. The minimum absolute atomic E-state index is 0. The molecule has 0 spiro atoms. The van der Waals surface area contributed by atoms with Gasteiger partial charge in [0.1, 0.15) is 5.76 Å². The third-order valence-corrected chi connectivity index (χ3v) is 4.56. The Morgan fingerprint density at radius 2 is 1.86 bits per heavy atom. The van der Waals surface area contributed by atoms with Crippen LogP contribution in [0.3, 0.4) is 0 Å². The topological polar surface area (TPSA) is 74.9 Å². The number of benzene rings is 1. The molecular formula is C20H30IN5O2. The Hall–Kier alpha value is -1.81. The molecule has 154 valence electrons. The Balaban J connectivity index is 0.00000280. The summed E-state index contributed by atoms with van der Waals surface area (Å²) in [6.07, 6.45) is 0. The van der Waals surface area contributed by atoms with Crippen LogP contribution < -0.4 is 15.5 Å². The Kier molecular flexibility index (Phi) is 9.04. The molecule has 2 N–H and O–H groups in total. The molecular weight excluding hydrogens is 469 g/mol. The molecule has 1 aliphatic rings. The van der Waals surface area contributed by atoms with Crippen molar-refractivity contribution in [3.63, 3.8) is 0 Å². The molecule has 0 unspecified atom stereocenters. The zero-order valence-electron chi connectivity index (χ0n) is 16.8. The summed E-state index contributed by atoms with van der Waals surface area (Å²) in [4.78, 5) is 11.4. The van der Waals surface area contributed by atoms with E-state index >= 15 is 0 Å². The van der Waals surface area contributed by atoms with E-state index in [1.807, 2.05) is 20.8 Å². The van der Waals surface area contributed by atoms with Gasteiger partial charge in [0.25, 0.3) is 0 Å². The van der Waals surface area contributed by atoms with Crippen molar-refractivity contribution in [1.29, 1.82) is 0 Å². The molecule has 7 nitrogen and oxygen atoms in total. The predicted octanol–water partition coefficient (Wildman–Crippen LogP) is 3.00. The number of halogens is 1. The molecule has 1 aromatic heterocycles. The lowest BCUT2D eigenvalue weighted by atomic mass is 10.2. The summed E-state index contributed by atoms with van der Waals surface area (Å²) in [5.74, 6) is 2.28. The van der Waals surface area contributed by atoms with Gasteiger partial charge in [0, 0.05) is 25.3 Å². The molecule has 3 rings (SSSR count). The summed E-state index contributed by atoms with van der Waals surface area (Å²) in [6, 6.07) is 8.60. The normalized spacial score (nSPS) is 14.5. The molecule has 0 aliphatic carbocycles. The molecule has 1 aliphatic heterocycles. The van der Waals surface area contributed by atoms with E-state index in [4.69, 9.17) is 9.15 Å². The average molecular weight is 499 g/mol. The van der Waals surface area contributed by atoms with Crippen LogP contribution in [0.25, 0.3) is 0 Å². The molecule has 0 atom stereocenters. The molecule has 0 radical (unpaired) electrons. The molecule has 1 saturated heterocycles. The third kappa shape index (κ3) is 6.37. The lowest BCUT2D eigenvalue weighted by Gasteiger charge is -2.28. The monoisotopic (exact) mass is 499 g/mol. The Morgan fingerprint density at radius 3 is 2.46 bits per heavy atom. The van der Waals surface area contributed by atoms with Crippen molar-refractivity contribution in [1.82, 2.24) is 15.6 Å². The van der Waals surface area contributed by atoms with E-state index in [9.17, 15) is 0 Å². The third-order valence-electron chi connectivity index (χ3n) is 4.56. The van der Waals surface area contributed by atoms with E-state index in [0.29, 0.717) is 19.0 Å². The highest BCUT2D eigenvalue weighted by atomic mass is 127. The molecule has 0 amide bonds. The minimum Gasteiger partial charge on any atom is -0.444 e. The number of anilines is 1. The number of morpholine rings is 1. The maximum atomic E-state index is 5.61. The van der Waals surface area contributed by atoms with Crippen LogP contribution in [0, 0.1) is 13.8 Å². The van der Waals surface area contributed by atoms with Gasteiger partial charge in [-0.3, -0.25) is 0 Å². The number of guanidine groups is 1. The Bertz CT molecular complexity index is 735. The van der Waals surface area contributed by atoms with Gasteiger partial charge in [-0.1, -0.05) is 12.1 Å². The van der Waals surface area contributed by atoms with Gasteiger partial charge < -0.3 is 24.7 Å².